The molecule has 1 aromatic carbocycles. The van der Waals surface area contributed by atoms with Crippen LogP contribution in [0.25, 0.3) is 0 Å². The molecule has 0 bridgehead atoms. The Morgan fingerprint density at radius 3 is 2.27 bits per heavy atom. The number of carbonyl (C=O) groups excluding carboxylic acids is 1. The number of hydrogen-bond acceptors (Lipinski definition) is 2. The lowest BCUT2D eigenvalue weighted by Crippen LogP contribution is -2.48. The third-order valence-electron chi connectivity index (χ3n) is 3.82. The van der Waals surface area contributed by atoms with Crippen molar-refractivity contribution in [1.29, 1.82) is 0 Å². The molecule has 1 atom stereocenters. The SMILES string of the molecule is CC[C@H](Oc1ccc(Cl)c(C)c1)C(=O)NC(C(C)C)C(C)C. The zero-order chi connectivity index (χ0) is 16.9. The fourth-order valence-corrected chi connectivity index (χ4v) is 2.65. The van der Waals surface area contributed by atoms with Crippen LogP contribution in [-0.4, -0.2) is 18.1 Å². The Morgan fingerprint density at radius 2 is 1.82 bits per heavy atom. The highest BCUT2D eigenvalue weighted by Crippen LogP contribution is 2.22. The van der Waals surface area contributed by atoms with Crippen molar-refractivity contribution in [2.45, 2.75) is 60.1 Å². The molecule has 0 aliphatic rings. The first-order valence-corrected chi connectivity index (χ1v) is 8.37. The van der Waals surface area contributed by atoms with Gasteiger partial charge in [0.25, 0.3) is 5.91 Å². The average molecular weight is 326 g/mol. The number of aryl methyl sites for hydroxylation is 1. The number of benzene rings is 1. The van der Waals surface area contributed by atoms with Crippen molar-refractivity contribution < 1.29 is 9.53 Å². The highest BCUT2D eigenvalue weighted by atomic mass is 35.5. The molecule has 22 heavy (non-hydrogen) atoms. The summed E-state index contributed by atoms with van der Waals surface area (Å²) in [5.41, 5.74) is 0.941. The van der Waals surface area contributed by atoms with Crippen LogP contribution in [0.3, 0.4) is 0 Å². The molecular formula is C18H28ClNO2. The molecule has 124 valence electrons. The van der Waals surface area contributed by atoms with Gasteiger partial charge in [-0.25, -0.2) is 0 Å². The van der Waals surface area contributed by atoms with Crippen LogP contribution in [0.5, 0.6) is 5.75 Å². The highest BCUT2D eigenvalue weighted by molar-refractivity contribution is 6.31. The van der Waals surface area contributed by atoms with Gasteiger partial charge in [-0.1, -0.05) is 46.2 Å². The van der Waals surface area contributed by atoms with Crippen molar-refractivity contribution in [2.24, 2.45) is 11.8 Å². The third kappa shape index (κ3) is 5.20. The second kappa shape index (κ2) is 8.42. The zero-order valence-corrected chi connectivity index (χ0v) is 15.2. The van der Waals surface area contributed by atoms with Gasteiger partial charge in [-0.15, -0.1) is 0 Å². The van der Waals surface area contributed by atoms with E-state index in [1.807, 2.05) is 19.9 Å². The molecule has 3 nitrogen and oxygen atoms in total. The van der Waals surface area contributed by atoms with E-state index in [1.54, 1.807) is 12.1 Å². The van der Waals surface area contributed by atoms with E-state index in [-0.39, 0.29) is 11.9 Å². The number of nitrogens with one attached hydrogen (secondary N) is 1. The Labute approximate surface area is 139 Å². The predicted molar refractivity (Wildman–Crippen MR) is 92.5 cm³/mol. The van der Waals surface area contributed by atoms with Crippen molar-refractivity contribution >= 4 is 17.5 Å². The fraction of sp³-hybridized carbons (Fsp3) is 0.611. The van der Waals surface area contributed by atoms with E-state index in [4.69, 9.17) is 16.3 Å². The number of amides is 1. The molecule has 0 saturated heterocycles. The Kier molecular flexibility index (Phi) is 7.21. The summed E-state index contributed by atoms with van der Waals surface area (Å²) >= 11 is 6.02. The van der Waals surface area contributed by atoms with E-state index in [2.05, 4.69) is 33.0 Å². The van der Waals surface area contributed by atoms with Crippen LogP contribution in [-0.2, 0) is 4.79 Å². The van der Waals surface area contributed by atoms with Crippen LogP contribution in [0.2, 0.25) is 5.02 Å². The Hall–Kier alpha value is -1.22. The molecule has 1 N–H and O–H groups in total. The Bertz CT molecular complexity index is 492. The van der Waals surface area contributed by atoms with Gasteiger partial charge in [-0.2, -0.15) is 0 Å². The molecule has 0 radical (unpaired) electrons. The van der Waals surface area contributed by atoms with Gasteiger partial charge < -0.3 is 10.1 Å². The molecule has 0 saturated carbocycles. The maximum absolute atomic E-state index is 12.5. The second-order valence-corrected chi connectivity index (χ2v) is 6.86. The molecule has 0 aliphatic carbocycles. The van der Waals surface area contributed by atoms with Crippen LogP contribution in [0.15, 0.2) is 18.2 Å². The molecule has 0 aliphatic heterocycles. The summed E-state index contributed by atoms with van der Waals surface area (Å²) in [4.78, 5) is 12.5. The van der Waals surface area contributed by atoms with Crippen molar-refractivity contribution in [3.8, 4) is 5.75 Å². The van der Waals surface area contributed by atoms with Crippen molar-refractivity contribution in [3.05, 3.63) is 28.8 Å². The van der Waals surface area contributed by atoms with E-state index >= 15 is 0 Å². The maximum atomic E-state index is 12.5. The first kappa shape index (κ1) is 18.8. The van der Waals surface area contributed by atoms with Crippen LogP contribution in [0, 0.1) is 18.8 Å². The molecule has 4 heteroatoms. The summed E-state index contributed by atoms with van der Waals surface area (Å²) in [6.45, 7) is 12.4. The summed E-state index contributed by atoms with van der Waals surface area (Å²) in [6, 6.07) is 5.60. The third-order valence-corrected chi connectivity index (χ3v) is 4.24. The van der Waals surface area contributed by atoms with Gasteiger partial charge in [0.05, 0.1) is 0 Å². The number of rotatable bonds is 7. The minimum absolute atomic E-state index is 0.0532. The van der Waals surface area contributed by atoms with Crippen LogP contribution in [0.1, 0.15) is 46.6 Å². The zero-order valence-electron chi connectivity index (χ0n) is 14.4. The number of ether oxygens (including phenoxy) is 1. The molecule has 1 amide bonds. The number of hydrogen-bond donors (Lipinski definition) is 1. The van der Waals surface area contributed by atoms with Crippen molar-refractivity contribution in [1.82, 2.24) is 5.32 Å². The molecular weight excluding hydrogens is 298 g/mol. The average Bonchev–Trinajstić information content (AvgIpc) is 2.44. The molecule has 1 aromatic rings. The molecule has 0 unspecified atom stereocenters. The summed E-state index contributed by atoms with van der Waals surface area (Å²) in [6.07, 6.45) is 0.136. The van der Waals surface area contributed by atoms with E-state index in [0.29, 0.717) is 29.0 Å². The fourth-order valence-electron chi connectivity index (χ4n) is 2.54. The normalized spacial score (nSPS) is 12.8. The Morgan fingerprint density at radius 1 is 1.23 bits per heavy atom. The van der Waals surface area contributed by atoms with E-state index in [0.717, 1.165) is 5.56 Å². The first-order valence-electron chi connectivity index (χ1n) is 7.99. The monoisotopic (exact) mass is 325 g/mol. The Balaban J connectivity index is 2.77. The lowest BCUT2D eigenvalue weighted by Gasteiger charge is -2.28. The lowest BCUT2D eigenvalue weighted by atomic mass is 9.93. The largest absolute Gasteiger partial charge is 0.481 e. The summed E-state index contributed by atoms with van der Waals surface area (Å²) in [5.74, 6) is 1.40. The van der Waals surface area contributed by atoms with Crippen molar-refractivity contribution in [3.63, 3.8) is 0 Å². The first-order chi connectivity index (χ1) is 10.3. The maximum Gasteiger partial charge on any atom is 0.261 e. The molecule has 0 spiro atoms. The second-order valence-electron chi connectivity index (χ2n) is 6.45. The molecule has 0 fully saturated rings. The lowest BCUT2D eigenvalue weighted by molar-refractivity contribution is -0.129. The van der Waals surface area contributed by atoms with Gasteiger partial charge >= 0.3 is 0 Å². The summed E-state index contributed by atoms with van der Waals surface area (Å²) in [5, 5.41) is 3.82. The van der Waals surface area contributed by atoms with Gasteiger partial charge in [-0.3, -0.25) is 4.79 Å². The van der Waals surface area contributed by atoms with Crippen LogP contribution < -0.4 is 10.1 Å². The smallest absolute Gasteiger partial charge is 0.261 e. The van der Waals surface area contributed by atoms with Gasteiger partial charge in [0.2, 0.25) is 0 Å². The summed E-state index contributed by atoms with van der Waals surface area (Å²) < 4.78 is 5.85. The number of carbonyl (C=O) groups is 1. The minimum Gasteiger partial charge on any atom is -0.481 e. The minimum atomic E-state index is -0.486. The van der Waals surface area contributed by atoms with Crippen molar-refractivity contribution in [2.75, 3.05) is 0 Å². The van der Waals surface area contributed by atoms with Gasteiger partial charge in [0.1, 0.15) is 5.75 Å². The standard InChI is InChI=1S/C18H28ClNO2/c1-7-16(18(21)20-17(11(2)3)12(4)5)22-14-8-9-15(19)13(6)10-14/h8-12,16-17H,7H2,1-6H3,(H,20,21)/t16-/m0/s1. The molecule has 0 aromatic heterocycles. The van der Waals surface area contributed by atoms with Gasteiger partial charge in [0, 0.05) is 11.1 Å². The van der Waals surface area contributed by atoms with E-state index < -0.39 is 6.10 Å². The predicted octanol–water partition coefficient (Wildman–Crippen LogP) is 4.60. The van der Waals surface area contributed by atoms with E-state index in [1.165, 1.54) is 0 Å². The highest BCUT2D eigenvalue weighted by Gasteiger charge is 2.25. The van der Waals surface area contributed by atoms with E-state index in [9.17, 15) is 4.79 Å². The number of halogens is 1. The van der Waals surface area contributed by atoms with Gasteiger partial charge in [0.15, 0.2) is 6.10 Å². The summed E-state index contributed by atoms with van der Waals surface area (Å²) in [7, 11) is 0. The van der Waals surface area contributed by atoms with Gasteiger partial charge in [-0.05, 0) is 48.9 Å². The van der Waals surface area contributed by atoms with Crippen LogP contribution in [0.4, 0.5) is 0 Å². The topological polar surface area (TPSA) is 38.3 Å². The quantitative estimate of drug-likeness (QED) is 0.795. The molecule has 1 rings (SSSR count). The van der Waals surface area contributed by atoms with Crippen LogP contribution >= 0.6 is 11.6 Å². The molecule has 0 heterocycles.